The van der Waals surface area contributed by atoms with Gasteiger partial charge in [-0.1, -0.05) is 53.6 Å². The average Bonchev–Trinajstić information content (AvgIpc) is 3.35. The Labute approximate surface area is 205 Å². The molecule has 0 saturated carbocycles. The highest BCUT2D eigenvalue weighted by Crippen LogP contribution is 2.54. The summed E-state index contributed by atoms with van der Waals surface area (Å²) in [5.74, 6) is 0.657. The number of fused-ring (bicyclic) bond motifs is 2. The standard InChI is InChI=1S/C28H29N3O2S/c1-18-5-9-22(10-6-18)17-30-25-12-7-19(2)15-24(25)28(26(30)32)31(13-14-34-28)27(33)29-23-11-8-20(3)21(4)16-23/h5-12,15-16H,13-14,17H2,1-4H3,(H,29,33)/t28-/m1/s1. The Morgan fingerprint density at radius 3 is 2.41 bits per heavy atom. The summed E-state index contributed by atoms with van der Waals surface area (Å²) >= 11 is 1.56. The first-order valence-corrected chi connectivity index (χ1v) is 12.6. The number of anilines is 2. The topological polar surface area (TPSA) is 52.7 Å². The molecule has 0 aliphatic carbocycles. The fourth-order valence-corrected chi connectivity index (χ4v) is 6.22. The molecule has 3 amide bonds. The maximum atomic E-state index is 14.1. The molecule has 5 nitrogen and oxygen atoms in total. The SMILES string of the molecule is Cc1ccc(CN2C(=O)[C@]3(SCCN3C(=O)Nc3ccc(C)c(C)c3)c3cc(C)ccc32)cc1. The van der Waals surface area contributed by atoms with Gasteiger partial charge in [0.15, 0.2) is 4.87 Å². The fourth-order valence-electron chi connectivity index (χ4n) is 4.77. The predicted molar refractivity (Wildman–Crippen MR) is 139 cm³/mol. The number of amides is 3. The summed E-state index contributed by atoms with van der Waals surface area (Å²) in [6.07, 6.45) is 0. The lowest BCUT2D eigenvalue weighted by atomic mass is 10.0. The van der Waals surface area contributed by atoms with Gasteiger partial charge in [0.05, 0.1) is 12.2 Å². The lowest BCUT2D eigenvalue weighted by Gasteiger charge is -2.33. The number of carbonyl (C=O) groups is 2. The minimum Gasteiger partial charge on any atom is -0.308 e. The minimum absolute atomic E-state index is 0.0496. The number of hydrogen-bond acceptors (Lipinski definition) is 3. The van der Waals surface area contributed by atoms with Gasteiger partial charge in [0, 0.05) is 23.5 Å². The summed E-state index contributed by atoms with van der Waals surface area (Å²) in [4.78, 5) is 30.2. The molecule has 5 rings (SSSR count). The Morgan fingerprint density at radius 1 is 0.941 bits per heavy atom. The zero-order valence-electron chi connectivity index (χ0n) is 20.0. The van der Waals surface area contributed by atoms with E-state index in [-0.39, 0.29) is 11.9 Å². The van der Waals surface area contributed by atoms with Crippen molar-refractivity contribution in [3.63, 3.8) is 0 Å². The van der Waals surface area contributed by atoms with Crippen molar-refractivity contribution in [2.24, 2.45) is 0 Å². The fraction of sp³-hybridized carbons (Fsp3) is 0.286. The van der Waals surface area contributed by atoms with Gasteiger partial charge >= 0.3 is 6.03 Å². The summed E-state index contributed by atoms with van der Waals surface area (Å²) in [7, 11) is 0. The molecule has 6 heteroatoms. The van der Waals surface area contributed by atoms with E-state index in [1.165, 1.54) is 11.1 Å². The van der Waals surface area contributed by atoms with Gasteiger partial charge in [-0.25, -0.2) is 4.79 Å². The van der Waals surface area contributed by atoms with Gasteiger partial charge in [-0.3, -0.25) is 9.69 Å². The molecule has 34 heavy (non-hydrogen) atoms. The molecule has 0 aromatic heterocycles. The average molecular weight is 472 g/mol. The smallest absolute Gasteiger partial charge is 0.308 e. The number of thioether (sulfide) groups is 1. The van der Waals surface area contributed by atoms with Crippen LogP contribution in [0.15, 0.2) is 60.7 Å². The lowest BCUT2D eigenvalue weighted by Crippen LogP contribution is -2.51. The zero-order valence-corrected chi connectivity index (χ0v) is 20.8. The van der Waals surface area contributed by atoms with E-state index in [1.54, 1.807) is 16.7 Å². The molecule has 1 atom stereocenters. The van der Waals surface area contributed by atoms with Crippen LogP contribution < -0.4 is 10.2 Å². The van der Waals surface area contributed by atoms with Crippen LogP contribution in [-0.4, -0.2) is 29.1 Å². The molecule has 3 aromatic rings. The van der Waals surface area contributed by atoms with Gasteiger partial charge < -0.3 is 10.2 Å². The van der Waals surface area contributed by atoms with Gasteiger partial charge in [0.1, 0.15) is 0 Å². The van der Waals surface area contributed by atoms with Crippen molar-refractivity contribution in [1.29, 1.82) is 0 Å². The zero-order chi connectivity index (χ0) is 24.0. The minimum atomic E-state index is -1.05. The highest BCUT2D eigenvalue weighted by atomic mass is 32.2. The summed E-state index contributed by atoms with van der Waals surface area (Å²) in [5, 5.41) is 3.04. The van der Waals surface area contributed by atoms with E-state index in [9.17, 15) is 9.59 Å². The van der Waals surface area contributed by atoms with Crippen molar-refractivity contribution in [2.75, 3.05) is 22.5 Å². The Hall–Kier alpha value is -3.25. The van der Waals surface area contributed by atoms with E-state index < -0.39 is 4.87 Å². The molecule has 0 bridgehead atoms. The summed E-state index contributed by atoms with van der Waals surface area (Å²) in [6, 6.07) is 20.0. The van der Waals surface area contributed by atoms with Crippen LogP contribution in [0.25, 0.3) is 0 Å². The largest absolute Gasteiger partial charge is 0.323 e. The van der Waals surface area contributed by atoms with Crippen LogP contribution in [0.2, 0.25) is 0 Å². The molecule has 174 valence electrons. The van der Waals surface area contributed by atoms with E-state index in [0.29, 0.717) is 18.8 Å². The van der Waals surface area contributed by atoms with Crippen molar-refractivity contribution < 1.29 is 9.59 Å². The van der Waals surface area contributed by atoms with E-state index in [4.69, 9.17) is 0 Å². The van der Waals surface area contributed by atoms with Crippen molar-refractivity contribution in [2.45, 2.75) is 39.1 Å². The first-order valence-electron chi connectivity index (χ1n) is 11.6. The summed E-state index contributed by atoms with van der Waals surface area (Å²) in [6.45, 7) is 9.15. The molecular formula is C28H29N3O2S. The second kappa shape index (κ2) is 8.51. The van der Waals surface area contributed by atoms with E-state index in [2.05, 4.69) is 42.6 Å². The Bertz CT molecular complexity index is 1290. The molecule has 2 heterocycles. The van der Waals surface area contributed by atoms with Crippen molar-refractivity contribution in [3.8, 4) is 0 Å². The highest BCUT2D eigenvalue weighted by molar-refractivity contribution is 8.01. The first kappa shape index (κ1) is 22.5. The van der Waals surface area contributed by atoms with Crippen LogP contribution in [-0.2, 0) is 16.2 Å². The number of hydrogen-bond donors (Lipinski definition) is 1. The monoisotopic (exact) mass is 471 g/mol. The van der Waals surface area contributed by atoms with E-state index in [0.717, 1.165) is 33.6 Å². The molecule has 0 unspecified atom stereocenters. The van der Waals surface area contributed by atoms with Gasteiger partial charge in [0.2, 0.25) is 0 Å². The number of nitrogens with zero attached hydrogens (tertiary/aromatic N) is 2. The van der Waals surface area contributed by atoms with Crippen molar-refractivity contribution in [3.05, 3.63) is 94.0 Å². The molecule has 2 aliphatic rings. The van der Waals surface area contributed by atoms with Crippen LogP contribution in [0.4, 0.5) is 16.2 Å². The molecule has 1 fully saturated rings. The Morgan fingerprint density at radius 2 is 1.68 bits per heavy atom. The maximum Gasteiger partial charge on any atom is 0.323 e. The predicted octanol–water partition coefficient (Wildman–Crippen LogP) is 5.90. The molecule has 1 saturated heterocycles. The number of carbonyl (C=O) groups excluding carboxylic acids is 2. The van der Waals surface area contributed by atoms with Crippen LogP contribution in [0.1, 0.15) is 33.4 Å². The Balaban J connectivity index is 1.52. The lowest BCUT2D eigenvalue weighted by molar-refractivity contribution is -0.123. The maximum absolute atomic E-state index is 14.1. The van der Waals surface area contributed by atoms with Crippen LogP contribution >= 0.6 is 11.8 Å². The molecule has 1 spiro atoms. The number of aryl methyl sites for hydroxylation is 4. The third kappa shape index (κ3) is 3.66. The number of benzene rings is 3. The van der Waals surface area contributed by atoms with Crippen molar-refractivity contribution >= 4 is 35.1 Å². The third-order valence-corrected chi connectivity index (χ3v) is 8.23. The van der Waals surface area contributed by atoms with Crippen molar-refractivity contribution in [1.82, 2.24) is 4.90 Å². The van der Waals surface area contributed by atoms with Gasteiger partial charge in [-0.2, -0.15) is 0 Å². The summed E-state index contributed by atoms with van der Waals surface area (Å²) in [5.41, 5.74) is 8.15. The normalized spacial score (nSPS) is 19.1. The van der Waals surface area contributed by atoms with E-state index in [1.807, 2.05) is 56.0 Å². The molecule has 3 aromatic carbocycles. The summed E-state index contributed by atoms with van der Waals surface area (Å²) < 4.78 is 0. The second-order valence-electron chi connectivity index (χ2n) is 9.27. The molecule has 1 N–H and O–H groups in total. The van der Waals surface area contributed by atoms with Crippen LogP contribution in [0, 0.1) is 27.7 Å². The molecular weight excluding hydrogens is 442 g/mol. The van der Waals surface area contributed by atoms with Gasteiger partial charge in [-0.15, -0.1) is 11.8 Å². The number of nitrogens with one attached hydrogen (secondary N) is 1. The van der Waals surface area contributed by atoms with Crippen LogP contribution in [0.3, 0.4) is 0 Å². The molecule has 2 aliphatic heterocycles. The third-order valence-electron chi connectivity index (χ3n) is 6.81. The number of urea groups is 1. The van der Waals surface area contributed by atoms with Gasteiger partial charge in [-0.05, 0) is 62.6 Å². The Kier molecular flexibility index (Phi) is 5.64. The van der Waals surface area contributed by atoms with Gasteiger partial charge in [0.25, 0.3) is 5.91 Å². The molecule has 0 radical (unpaired) electrons. The highest BCUT2D eigenvalue weighted by Gasteiger charge is 2.59. The van der Waals surface area contributed by atoms with E-state index >= 15 is 0 Å². The van der Waals surface area contributed by atoms with Crippen LogP contribution in [0.5, 0.6) is 0 Å². The quantitative estimate of drug-likeness (QED) is 0.517. The first-order chi connectivity index (χ1) is 16.3. The number of rotatable bonds is 3. The second-order valence-corrected chi connectivity index (χ2v) is 10.6.